The summed E-state index contributed by atoms with van der Waals surface area (Å²) < 4.78 is 16.5. The van der Waals surface area contributed by atoms with Gasteiger partial charge in [-0.3, -0.25) is 9.00 Å². The Bertz CT molecular complexity index is 448. The Morgan fingerprint density at radius 2 is 1.76 bits per heavy atom. The molecule has 21 heavy (non-hydrogen) atoms. The molecule has 0 aromatic rings. The number of carboxylic acids is 1. The highest BCUT2D eigenvalue weighted by Gasteiger charge is 2.24. The molecule has 1 atom stereocenters. The number of carbonyl (C=O) groups is 3. The Morgan fingerprint density at radius 1 is 1.24 bits per heavy atom. The van der Waals surface area contributed by atoms with Gasteiger partial charge in [0, 0.05) is 6.42 Å². The lowest BCUT2D eigenvalue weighted by Crippen LogP contribution is -2.43. The lowest BCUT2D eigenvalue weighted by molar-refractivity contribution is -0.139. The second-order valence-electron chi connectivity index (χ2n) is 6.35. The lowest BCUT2D eigenvalue weighted by Gasteiger charge is -2.22. The van der Waals surface area contributed by atoms with E-state index in [0.29, 0.717) is 0 Å². The highest BCUT2D eigenvalue weighted by Crippen LogP contribution is 2.08. The van der Waals surface area contributed by atoms with E-state index in [1.54, 1.807) is 20.8 Å². The molecule has 0 saturated carbocycles. The van der Waals surface area contributed by atoms with Crippen LogP contribution in [0.4, 0.5) is 4.79 Å². The number of aliphatic carboxylic acids is 1. The topological polar surface area (TPSA) is 110 Å². The van der Waals surface area contributed by atoms with Crippen LogP contribution in [0.15, 0.2) is 0 Å². The third-order valence-corrected chi connectivity index (χ3v) is 3.37. The van der Waals surface area contributed by atoms with Gasteiger partial charge in [0.2, 0.25) is 0 Å². The smallest absolute Gasteiger partial charge is 0.408 e. The van der Waals surface area contributed by atoms with Crippen molar-refractivity contribution in [2.75, 3.05) is 18.3 Å². The minimum atomic E-state index is -2.47. The zero-order chi connectivity index (χ0) is 16.8. The average Bonchev–Trinajstić information content (AvgIpc) is 2.18. The van der Waals surface area contributed by atoms with Gasteiger partial charge >= 0.3 is 12.1 Å². The summed E-state index contributed by atoms with van der Waals surface area (Å²) in [5, 5.41) is 11.2. The van der Waals surface area contributed by atoms with Crippen LogP contribution in [0, 0.1) is 0 Å². The minimum absolute atomic E-state index is 0.0571. The number of ether oxygens (including phenoxy) is 1. The summed E-state index contributed by atoms with van der Waals surface area (Å²) in [6.07, 6.45) is 2.03. The van der Waals surface area contributed by atoms with Gasteiger partial charge in [0.25, 0.3) is 0 Å². The van der Waals surface area contributed by atoms with Crippen LogP contribution in [0.1, 0.15) is 33.6 Å². The van der Waals surface area contributed by atoms with E-state index in [2.05, 4.69) is 5.32 Å². The third kappa shape index (κ3) is 10.9. The zero-order valence-corrected chi connectivity index (χ0v) is 14.0. The van der Waals surface area contributed by atoms with Crippen molar-refractivity contribution in [2.24, 2.45) is 0 Å². The summed E-state index contributed by atoms with van der Waals surface area (Å²) in [4.78, 5) is 34.2. The molecule has 0 bridgehead atoms. The molecule has 0 radical (unpaired) electrons. The number of alkyl carbamates (subject to hydrolysis) is 1. The lowest BCUT2D eigenvalue weighted by atomic mass is 10.1. The molecule has 124 valence electrons. The van der Waals surface area contributed by atoms with Crippen molar-refractivity contribution in [2.45, 2.75) is 45.3 Å². The molecule has 2 N–H and O–H groups in total. The second kappa shape index (κ2) is 7.53. The van der Waals surface area contributed by atoms with E-state index in [1.165, 1.54) is 12.5 Å². The molecule has 0 aliphatic carbocycles. The molecule has 7 nitrogen and oxygen atoms in total. The maximum absolute atomic E-state index is 11.6. The number of thiol groups is 1. The van der Waals surface area contributed by atoms with Gasteiger partial charge in [-0.15, -0.1) is 9.93 Å². The van der Waals surface area contributed by atoms with Crippen LogP contribution >= 0.6 is 0 Å². The Hall–Kier alpha value is -1.44. The summed E-state index contributed by atoms with van der Waals surface area (Å²) >= 11 is 0. The van der Waals surface area contributed by atoms with E-state index in [9.17, 15) is 18.6 Å². The third-order valence-electron chi connectivity index (χ3n) is 2.26. The molecular formula is C13H25NO6S. The van der Waals surface area contributed by atoms with Gasteiger partial charge in [-0.1, -0.05) is 0 Å². The molecule has 0 unspecified atom stereocenters. The van der Waals surface area contributed by atoms with Crippen LogP contribution in [-0.2, 0) is 24.3 Å². The number of carbonyl (C=O) groups excluding carboxylic acids is 2. The van der Waals surface area contributed by atoms with Crippen LogP contribution < -0.4 is 5.32 Å². The van der Waals surface area contributed by atoms with Crippen LogP contribution in [0.3, 0.4) is 0 Å². The van der Waals surface area contributed by atoms with Gasteiger partial charge in [-0.2, -0.15) is 0 Å². The maximum atomic E-state index is 11.6. The number of amides is 1. The molecule has 0 fully saturated rings. The van der Waals surface area contributed by atoms with E-state index in [-0.39, 0.29) is 24.4 Å². The standard InChI is InChI=1S/C13H25NO6S/c1-13(2,3)20-12(18)14-10(11(16)17)7-6-9(15)8-21(4,5)19/h10,21H,6-8H2,1-5H3,(H,14,18)(H,16,17)/t10-/m0/s1. The van der Waals surface area contributed by atoms with Crippen molar-refractivity contribution < 1.29 is 28.4 Å². The molecule has 0 aromatic heterocycles. The number of nitrogens with one attached hydrogen (secondary N) is 1. The predicted molar refractivity (Wildman–Crippen MR) is 81.3 cm³/mol. The summed E-state index contributed by atoms with van der Waals surface area (Å²) in [5.74, 6) is -1.59. The quantitative estimate of drug-likeness (QED) is 0.592. The first-order valence-corrected chi connectivity index (χ1v) is 9.37. The zero-order valence-electron chi connectivity index (χ0n) is 13.1. The normalized spacial score (nSPS) is 14.1. The molecule has 0 saturated heterocycles. The Balaban J connectivity index is 4.45. The van der Waals surface area contributed by atoms with E-state index >= 15 is 0 Å². The number of Topliss-reactive ketones (excluding diaryl/α,β-unsaturated/α-hetero) is 1. The van der Waals surface area contributed by atoms with Gasteiger partial charge < -0.3 is 15.2 Å². The number of hydrogen-bond donors (Lipinski definition) is 3. The fraction of sp³-hybridized carbons (Fsp3) is 0.769. The molecular weight excluding hydrogens is 298 g/mol. The van der Waals surface area contributed by atoms with Crippen molar-refractivity contribution in [3.63, 3.8) is 0 Å². The second-order valence-corrected chi connectivity index (χ2v) is 9.81. The molecule has 0 heterocycles. The van der Waals surface area contributed by atoms with E-state index in [1.807, 2.05) is 0 Å². The van der Waals surface area contributed by atoms with Gasteiger partial charge in [0.05, 0.1) is 5.75 Å². The number of ketones is 1. The summed E-state index contributed by atoms with van der Waals surface area (Å²) in [5.41, 5.74) is -0.736. The molecule has 0 aliphatic rings. The van der Waals surface area contributed by atoms with Crippen molar-refractivity contribution >= 4 is 27.8 Å². The summed E-state index contributed by atoms with van der Waals surface area (Å²) in [6.45, 7) is 4.98. The van der Waals surface area contributed by atoms with Gasteiger partial charge in [-0.05, 0) is 39.7 Å². The van der Waals surface area contributed by atoms with Crippen LogP contribution in [0.2, 0.25) is 0 Å². The predicted octanol–water partition coefficient (Wildman–Crippen LogP) is 0.590. The first kappa shape index (κ1) is 19.6. The largest absolute Gasteiger partial charge is 0.480 e. The fourth-order valence-corrected chi connectivity index (χ4v) is 2.52. The SMILES string of the molecule is CC(C)(C)OC(=O)N[C@@H](CCC(=O)C[SH](C)(C)=O)C(=O)O. The monoisotopic (exact) mass is 323 g/mol. The van der Waals surface area contributed by atoms with Crippen LogP contribution in [0.5, 0.6) is 0 Å². The van der Waals surface area contributed by atoms with Crippen molar-refractivity contribution in [3.8, 4) is 0 Å². The van der Waals surface area contributed by atoms with Crippen LogP contribution in [0.25, 0.3) is 0 Å². The Labute approximate surface area is 125 Å². The molecule has 0 spiro atoms. The number of rotatable bonds is 7. The van der Waals surface area contributed by atoms with Crippen LogP contribution in [-0.4, -0.2) is 57.1 Å². The number of carboxylic acid groups (broad SMARTS) is 1. The van der Waals surface area contributed by atoms with Gasteiger partial charge in [-0.25, -0.2) is 9.59 Å². The fourth-order valence-electron chi connectivity index (χ4n) is 1.52. The molecule has 0 aromatic carbocycles. The van der Waals surface area contributed by atoms with Crippen molar-refractivity contribution in [3.05, 3.63) is 0 Å². The first-order valence-electron chi connectivity index (χ1n) is 6.58. The first-order chi connectivity index (χ1) is 9.30. The molecule has 0 rings (SSSR count). The number of hydrogen-bond acceptors (Lipinski definition) is 5. The van der Waals surface area contributed by atoms with E-state index in [0.717, 1.165) is 0 Å². The van der Waals surface area contributed by atoms with E-state index in [4.69, 9.17) is 9.84 Å². The average molecular weight is 323 g/mol. The summed E-state index contributed by atoms with van der Waals surface area (Å²) in [7, 11) is -2.47. The highest BCUT2D eigenvalue weighted by molar-refractivity contribution is 8.02. The molecule has 1 amide bonds. The summed E-state index contributed by atoms with van der Waals surface area (Å²) in [6, 6.07) is -1.21. The maximum Gasteiger partial charge on any atom is 0.408 e. The Morgan fingerprint density at radius 3 is 2.14 bits per heavy atom. The minimum Gasteiger partial charge on any atom is -0.480 e. The highest BCUT2D eigenvalue weighted by atomic mass is 32.2. The molecule has 0 aliphatic heterocycles. The van der Waals surface area contributed by atoms with Gasteiger partial charge in [0.1, 0.15) is 17.4 Å². The van der Waals surface area contributed by atoms with E-state index < -0.39 is 33.6 Å². The molecule has 8 heteroatoms. The van der Waals surface area contributed by atoms with Crippen molar-refractivity contribution in [1.29, 1.82) is 0 Å². The Kier molecular flexibility index (Phi) is 7.02. The van der Waals surface area contributed by atoms with Crippen molar-refractivity contribution in [1.82, 2.24) is 5.32 Å². The van der Waals surface area contributed by atoms with Gasteiger partial charge in [0.15, 0.2) is 0 Å².